The Balaban J connectivity index is 1.49. The van der Waals surface area contributed by atoms with Gasteiger partial charge in [-0.3, -0.25) is 0 Å². The molecule has 1 aromatic carbocycles. The van der Waals surface area contributed by atoms with Crippen molar-refractivity contribution in [3.63, 3.8) is 0 Å². The van der Waals surface area contributed by atoms with Gasteiger partial charge in [0, 0.05) is 23.2 Å². The lowest BCUT2D eigenvalue weighted by molar-refractivity contribution is 0.330. The zero-order chi connectivity index (χ0) is 19.4. The molecule has 0 bridgehead atoms. The van der Waals surface area contributed by atoms with E-state index in [1.807, 2.05) is 12.1 Å². The number of hydrogen-bond acceptors (Lipinski definition) is 6. The summed E-state index contributed by atoms with van der Waals surface area (Å²) in [4.78, 5) is 4.38. The zero-order valence-corrected chi connectivity index (χ0v) is 17.1. The van der Waals surface area contributed by atoms with Crippen LogP contribution in [0.15, 0.2) is 28.8 Å². The number of benzene rings is 1. The first-order valence-electron chi connectivity index (χ1n) is 9.18. The molecule has 7 nitrogen and oxygen atoms in total. The van der Waals surface area contributed by atoms with Crippen LogP contribution in [0, 0.1) is 5.92 Å². The summed E-state index contributed by atoms with van der Waals surface area (Å²) < 4.78 is 31.7. The average molecular weight is 413 g/mol. The fourth-order valence-electron chi connectivity index (χ4n) is 3.11. The Bertz CT molecular complexity index is 861. The molecule has 1 heterocycles. The van der Waals surface area contributed by atoms with Gasteiger partial charge in [-0.15, -0.1) is 0 Å². The maximum Gasteiger partial charge on any atom is 0.322 e. The van der Waals surface area contributed by atoms with Gasteiger partial charge in [-0.1, -0.05) is 28.9 Å². The number of anilines is 1. The molecule has 148 valence electrons. The lowest BCUT2D eigenvalue weighted by atomic mass is 9.86. The molecule has 0 amide bonds. The molecule has 0 unspecified atom stereocenters. The van der Waals surface area contributed by atoms with E-state index in [-0.39, 0.29) is 6.04 Å². The van der Waals surface area contributed by atoms with E-state index in [1.165, 1.54) is 0 Å². The Morgan fingerprint density at radius 1 is 1.26 bits per heavy atom. The second kappa shape index (κ2) is 8.58. The molecule has 1 saturated carbocycles. The topological polar surface area (TPSA) is 97.1 Å². The number of hydrogen-bond donors (Lipinski definition) is 2. The summed E-state index contributed by atoms with van der Waals surface area (Å²) in [6.07, 6.45) is 3.77. The molecule has 1 fully saturated rings. The summed E-state index contributed by atoms with van der Waals surface area (Å²) in [5.41, 5.74) is 0.806. The van der Waals surface area contributed by atoms with Crippen molar-refractivity contribution in [1.29, 1.82) is 0 Å². The summed E-state index contributed by atoms with van der Waals surface area (Å²) >= 11 is 6.00. The van der Waals surface area contributed by atoms with Crippen molar-refractivity contribution in [1.82, 2.24) is 14.9 Å². The van der Waals surface area contributed by atoms with Crippen molar-refractivity contribution < 1.29 is 12.9 Å². The smallest absolute Gasteiger partial charge is 0.322 e. The summed E-state index contributed by atoms with van der Waals surface area (Å²) in [6, 6.07) is 7.95. The molecule has 1 aliphatic rings. The molecular weight excluding hydrogens is 388 g/mol. The molecular formula is C18H25ClN4O3S. The Kier molecular flexibility index (Phi) is 6.39. The molecule has 0 atom stereocenters. The van der Waals surface area contributed by atoms with Crippen LogP contribution in [-0.4, -0.2) is 36.4 Å². The molecule has 0 spiro atoms. The van der Waals surface area contributed by atoms with Crippen LogP contribution in [0.25, 0.3) is 11.4 Å². The lowest BCUT2D eigenvalue weighted by Gasteiger charge is -2.28. The van der Waals surface area contributed by atoms with Crippen molar-refractivity contribution in [3.05, 3.63) is 29.3 Å². The van der Waals surface area contributed by atoms with Gasteiger partial charge < -0.3 is 9.84 Å². The third kappa shape index (κ3) is 5.43. The van der Waals surface area contributed by atoms with Gasteiger partial charge in [0.1, 0.15) is 0 Å². The van der Waals surface area contributed by atoms with Crippen molar-refractivity contribution >= 4 is 27.6 Å². The van der Waals surface area contributed by atoms with Crippen molar-refractivity contribution in [2.45, 2.75) is 50.8 Å². The Morgan fingerprint density at radius 3 is 2.67 bits per heavy atom. The summed E-state index contributed by atoms with van der Waals surface area (Å²) in [6.45, 7) is 3.88. The minimum atomic E-state index is -3.19. The van der Waals surface area contributed by atoms with E-state index in [0.717, 1.165) is 31.2 Å². The Labute approximate surface area is 164 Å². The van der Waals surface area contributed by atoms with Crippen molar-refractivity contribution in [2.24, 2.45) is 5.92 Å². The molecule has 9 heteroatoms. The second-order valence-electron chi connectivity index (χ2n) is 7.24. The number of sulfonamides is 1. The molecule has 27 heavy (non-hydrogen) atoms. The van der Waals surface area contributed by atoms with Gasteiger partial charge in [0.2, 0.25) is 15.8 Å². The SMILES string of the molecule is CC(C)S(=O)(=O)NC[C@H]1CC[C@H](Nc2nc(-c3cccc(Cl)c3)no2)CC1. The highest BCUT2D eigenvalue weighted by Crippen LogP contribution is 2.27. The van der Waals surface area contributed by atoms with Crippen LogP contribution in [0.1, 0.15) is 39.5 Å². The number of halogens is 1. The van der Waals surface area contributed by atoms with E-state index in [1.54, 1.807) is 26.0 Å². The summed E-state index contributed by atoms with van der Waals surface area (Å²) in [5, 5.41) is 7.50. The highest BCUT2D eigenvalue weighted by atomic mass is 35.5. The third-order valence-corrected chi connectivity index (χ3v) is 6.92. The normalized spacial score (nSPS) is 20.7. The minimum absolute atomic E-state index is 0.246. The fraction of sp³-hybridized carbons (Fsp3) is 0.556. The maximum absolute atomic E-state index is 11.9. The lowest BCUT2D eigenvalue weighted by Crippen LogP contribution is -2.37. The van der Waals surface area contributed by atoms with Gasteiger partial charge in [-0.2, -0.15) is 4.98 Å². The van der Waals surface area contributed by atoms with Crippen LogP contribution >= 0.6 is 11.6 Å². The monoisotopic (exact) mass is 412 g/mol. The first-order valence-corrected chi connectivity index (χ1v) is 11.1. The molecule has 0 aliphatic heterocycles. The predicted molar refractivity (Wildman–Crippen MR) is 106 cm³/mol. The van der Waals surface area contributed by atoms with Crippen LogP contribution in [-0.2, 0) is 10.0 Å². The van der Waals surface area contributed by atoms with Crippen LogP contribution in [0.2, 0.25) is 5.02 Å². The molecule has 2 aromatic rings. The van der Waals surface area contributed by atoms with Gasteiger partial charge in [0.05, 0.1) is 5.25 Å². The molecule has 1 aliphatic carbocycles. The van der Waals surface area contributed by atoms with Gasteiger partial charge in [-0.05, 0) is 57.6 Å². The van der Waals surface area contributed by atoms with Gasteiger partial charge in [0.25, 0.3) is 0 Å². The van der Waals surface area contributed by atoms with E-state index < -0.39 is 15.3 Å². The van der Waals surface area contributed by atoms with E-state index in [2.05, 4.69) is 20.2 Å². The average Bonchev–Trinajstić information content (AvgIpc) is 3.10. The molecule has 0 radical (unpaired) electrons. The van der Waals surface area contributed by atoms with Gasteiger partial charge in [-0.25, -0.2) is 13.1 Å². The first-order chi connectivity index (χ1) is 12.8. The van der Waals surface area contributed by atoms with Gasteiger partial charge in [0.15, 0.2) is 0 Å². The number of nitrogens with zero attached hydrogens (tertiary/aromatic N) is 2. The Hall–Kier alpha value is -1.64. The molecule has 2 N–H and O–H groups in total. The minimum Gasteiger partial charge on any atom is -0.335 e. The second-order valence-corrected chi connectivity index (χ2v) is 10.00. The summed E-state index contributed by atoms with van der Waals surface area (Å²) in [7, 11) is -3.19. The number of rotatable bonds is 7. The largest absolute Gasteiger partial charge is 0.335 e. The quantitative estimate of drug-likeness (QED) is 0.719. The van der Waals surface area contributed by atoms with E-state index in [9.17, 15) is 8.42 Å². The Morgan fingerprint density at radius 2 is 2.00 bits per heavy atom. The molecule has 3 rings (SSSR count). The number of aromatic nitrogens is 2. The van der Waals surface area contributed by atoms with Crippen molar-refractivity contribution in [2.75, 3.05) is 11.9 Å². The number of nitrogens with one attached hydrogen (secondary N) is 2. The van der Waals surface area contributed by atoms with Crippen LogP contribution in [0.3, 0.4) is 0 Å². The highest BCUT2D eigenvalue weighted by Gasteiger charge is 2.24. The van der Waals surface area contributed by atoms with Crippen LogP contribution in [0.5, 0.6) is 0 Å². The van der Waals surface area contributed by atoms with Crippen LogP contribution < -0.4 is 10.0 Å². The maximum atomic E-state index is 11.9. The summed E-state index contributed by atoms with van der Waals surface area (Å²) in [5.74, 6) is 0.859. The fourth-order valence-corrected chi connectivity index (χ4v) is 4.10. The third-order valence-electron chi connectivity index (χ3n) is 4.88. The van der Waals surface area contributed by atoms with Crippen molar-refractivity contribution in [3.8, 4) is 11.4 Å². The van der Waals surface area contributed by atoms with E-state index in [4.69, 9.17) is 16.1 Å². The standard InChI is InChI=1S/C18H25ClN4O3S/c1-12(2)27(24,25)20-11-13-6-8-16(9-7-13)21-18-22-17(23-26-18)14-4-3-5-15(19)10-14/h3-5,10,12-13,16,20H,6-9,11H2,1-2H3,(H,21,22,23)/t13-,16-. The highest BCUT2D eigenvalue weighted by molar-refractivity contribution is 7.90. The van der Waals surface area contributed by atoms with Crippen LogP contribution in [0.4, 0.5) is 6.01 Å². The van der Waals surface area contributed by atoms with E-state index in [0.29, 0.717) is 29.3 Å². The van der Waals surface area contributed by atoms with E-state index >= 15 is 0 Å². The predicted octanol–water partition coefficient (Wildman–Crippen LogP) is 3.69. The zero-order valence-electron chi connectivity index (χ0n) is 15.5. The first kappa shape index (κ1) is 20.1. The molecule has 1 aromatic heterocycles. The van der Waals surface area contributed by atoms with Gasteiger partial charge >= 0.3 is 6.01 Å². The molecule has 0 saturated heterocycles.